The fraction of sp³-hybridized carbons (Fsp3) is 0. The van der Waals surface area contributed by atoms with Crippen LogP contribution in [0.4, 0.5) is 0 Å². The minimum absolute atomic E-state index is 0. The Kier molecular flexibility index (Phi) is 26.0. The Balaban J connectivity index is -0.00000000450. The number of hydrogen-bond donors (Lipinski definition) is 2. The van der Waals surface area contributed by atoms with E-state index in [-0.39, 0.29) is 56.9 Å². The molecule has 0 radical (unpaired) electrons. The summed E-state index contributed by atoms with van der Waals surface area (Å²) in [5, 5.41) is 0. The first-order valence-electron chi connectivity index (χ1n) is 0.532. The normalized spacial score (nSPS) is 5.83. The zero-order chi connectivity index (χ0) is 3.58. The molecule has 0 atom stereocenters. The summed E-state index contributed by atoms with van der Waals surface area (Å²) in [5.74, 6) is 0. The van der Waals surface area contributed by atoms with E-state index in [1.54, 1.807) is 0 Å². The predicted molar refractivity (Wildman–Crippen MR) is 22.5 cm³/mol. The molecule has 0 spiro atoms. The summed E-state index contributed by atoms with van der Waals surface area (Å²) in [5.41, 5.74) is 0. The third kappa shape index (κ3) is 40.5. The molecule has 6 heteroatoms. The van der Waals surface area contributed by atoms with Crippen molar-refractivity contribution in [1.82, 2.24) is 0 Å². The van der Waals surface area contributed by atoms with Gasteiger partial charge in [0.2, 0.25) is 0 Å². The Labute approximate surface area is 80.9 Å². The van der Waals surface area contributed by atoms with Crippen LogP contribution in [0.1, 0.15) is 4.28 Å². The van der Waals surface area contributed by atoms with Crippen LogP contribution >= 0.6 is 0 Å². The SMILES string of the molecule is O=S(O)O.[H-].[H-].[H-].[Mg+2].[Na+]. The van der Waals surface area contributed by atoms with Crippen molar-refractivity contribution in [2.75, 3.05) is 0 Å². The van der Waals surface area contributed by atoms with Crippen molar-refractivity contribution in [3.63, 3.8) is 0 Å². The maximum Gasteiger partial charge on any atom is 2.00 e. The Morgan fingerprint density at radius 2 is 1.50 bits per heavy atom. The van der Waals surface area contributed by atoms with Gasteiger partial charge < -0.3 is 4.28 Å². The first kappa shape index (κ1) is 15.7. The average Bonchev–Trinajstić information content (AvgIpc) is 0.811. The largest absolute Gasteiger partial charge is 2.00 e. The summed E-state index contributed by atoms with van der Waals surface area (Å²) >= 11 is -2.61. The molecule has 3 nitrogen and oxygen atoms in total. The van der Waals surface area contributed by atoms with E-state index < -0.39 is 11.4 Å². The Morgan fingerprint density at radius 1 is 1.50 bits per heavy atom. The molecule has 0 rings (SSSR count). The number of hydrogen-bond acceptors (Lipinski definition) is 1. The second kappa shape index (κ2) is 9.96. The first-order chi connectivity index (χ1) is 1.73. The molecule has 0 fully saturated rings. The van der Waals surface area contributed by atoms with Gasteiger partial charge in [-0.2, -0.15) is 4.21 Å². The molecule has 0 saturated heterocycles. The summed E-state index contributed by atoms with van der Waals surface area (Å²) in [6.07, 6.45) is 0. The molecule has 0 aliphatic heterocycles. The Bertz CT molecular complexity index is 42.0. The van der Waals surface area contributed by atoms with Crippen LogP contribution in [0, 0.1) is 0 Å². The van der Waals surface area contributed by atoms with Gasteiger partial charge in [0.15, 0.2) is 0 Å². The van der Waals surface area contributed by atoms with Gasteiger partial charge in [-0.25, -0.2) is 0 Å². The van der Waals surface area contributed by atoms with E-state index in [2.05, 4.69) is 0 Å². The molecule has 0 saturated carbocycles. The first-order valence-corrected chi connectivity index (χ1v) is 1.60. The van der Waals surface area contributed by atoms with E-state index >= 15 is 0 Å². The summed E-state index contributed by atoms with van der Waals surface area (Å²) in [4.78, 5) is 0. The summed E-state index contributed by atoms with van der Waals surface area (Å²) in [6, 6.07) is 0. The van der Waals surface area contributed by atoms with Crippen LogP contribution in [-0.2, 0) is 11.4 Å². The third-order valence-electron chi connectivity index (χ3n) is 0. The predicted octanol–water partition coefficient (Wildman–Crippen LogP) is -3.36. The fourth-order valence-corrected chi connectivity index (χ4v) is 0. The standard InChI is InChI=1S/Mg.Na.H2O3S.3H/c;;1-4(2)3;;;/h;;(H2,1,2,3);;;/q+2;+1;;3*-1. The van der Waals surface area contributed by atoms with E-state index in [1.807, 2.05) is 0 Å². The maximum atomic E-state index is 8.67. The number of rotatable bonds is 0. The van der Waals surface area contributed by atoms with Crippen molar-refractivity contribution >= 4 is 34.4 Å². The molecule has 2 N–H and O–H groups in total. The van der Waals surface area contributed by atoms with Crippen LogP contribution in [-0.4, -0.2) is 36.4 Å². The Hall–Kier alpha value is 1.84. The van der Waals surface area contributed by atoms with E-state index in [0.29, 0.717) is 0 Å². The van der Waals surface area contributed by atoms with E-state index in [0.717, 1.165) is 0 Å². The van der Waals surface area contributed by atoms with Gasteiger partial charge in [0.05, 0.1) is 0 Å². The molecule has 32 valence electrons. The van der Waals surface area contributed by atoms with Gasteiger partial charge in [0.1, 0.15) is 0 Å². The van der Waals surface area contributed by atoms with Crippen molar-refractivity contribution in [2.45, 2.75) is 0 Å². The molecule has 0 aliphatic carbocycles. The molecular formula is H5MgNaO3S. The van der Waals surface area contributed by atoms with Crippen LogP contribution in [0.2, 0.25) is 0 Å². The van der Waals surface area contributed by atoms with Crippen LogP contribution in [0.25, 0.3) is 0 Å². The monoisotopic (exact) mass is 132 g/mol. The third-order valence-corrected chi connectivity index (χ3v) is 0. The van der Waals surface area contributed by atoms with Gasteiger partial charge in [-0.1, -0.05) is 0 Å². The molecule has 0 heterocycles. The second-order valence-electron chi connectivity index (χ2n) is 0.231. The fourth-order valence-electron chi connectivity index (χ4n) is 0. The molecule has 0 amide bonds. The van der Waals surface area contributed by atoms with Crippen LogP contribution < -0.4 is 29.6 Å². The zero-order valence-electron chi connectivity index (χ0n) is 6.42. The van der Waals surface area contributed by atoms with Crippen molar-refractivity contribution in [2.24, 2.45) is 0 Å². The molecule has 0 bridgehead atoms. The average molecular weight is 132 g/mol. The molecule has 6 heavy (non-hydrogen) atoms. The maximum absolute atomic E-state index is 8.67. The van der Waals surface area contributed by atoms with Gasteiger partial charge in [-0.3, -0.25) is 9.11 Å². The topological polar surface area (TPSA) is 57.5 Å². The zero-order valence-corrected chi connectivity index (χ0v) is 7.65. The minimum atomic E-state index is -2.61. The molecule has 0 aromatic rings. The van der Waals surface area contributed by atoms with Crippen molar-refractivity contribution in [1.29, 1.82) is 0 Å². The molecule has 0 aromatic heterocycles. The van der Waals surface area contributed by atoms with Crippen molar-refractivity contribution < 1.29 is 47.2 Å². The quantitative estimate of drug-likeness (QED) is 0.267. The van der Waals surface area contributed by atoms with E-state index in [1.165, 1.54) is 0 Å². The second-order valence-corrected chi connectivity index (χ2v) is 0.692. The van der Waals surface area contributed by atoms with E-state index in [4.69, 9.17) is 13.3 Å². The Morgan fingerprint density at radius 3 is 1.50 bits per heavy atom. The van der Waals surface area contributed by atoms with Crippen LogP contribution in [0.3, 0.4) is 0 Å². The minimum Gasteiger partial charge on any atom is -1.00 e. The molecular weight excluding hydrogens is 127 g/mol. The van der Waals surface area contributed by atoms with Crippen LogP contribution in [0.15, 0.2) is 0 Å². The molecule has 0 aromatic carbocycles. The summed E-state index contributed by atoms with van der Waals surface area (Å²) < 4.78 is 22.8. The smallest absolute Gasteiger partial charge is 1.00 e. The van der Waals surface area contributed by atoms with Gasteiger partial charge in [-0.05, 0) is 0 Å². The molecule has 0 unspecified atom stereocenters. The summed E-state index contributed by atoms with van der Waals surface area (Å²) in [6.45, 7) is 0. The van der Waals surface area contributed by atoms with E-state index in [9.17, 15) is 0 Å². The van der Waals surface area contributed by atoms with Gasteiger partial charge in [0, 0.05) is 0 Å². The molecule has 0 aliphatic rings. The van der Waals surface area contributed by atoms with Gasteiger partial charge in [0.25, 0.3) is 11.4 Å². The van der Waals surface area contributed by atoms with Crippen molar-refractivity contribution in [3.05, 3.63) is 0 Å². The van der Waals surface area contributed by atoms with Gasteiger partial charge in [-0.15, -0.1) is 0 Å². The van der Waals surface area contributed by atoms with Crippen molar-refractivity contribution in [3.8, 4) is 0 Å². The summed E-state index contributed by atoms with van der Waals surface area (Å²) in [7, 11) is 0. The van der Waals surface area contributed by atoms with Gasteiger partial charge >= 0.3 is 52.6 Å². The van der Waals surface area contributed by atoms with Crippen LogP contribution in [0.5, 0.6) is 0 Å².